The van der Waals surface area contributed by atoms with E-state index in [4.69, 9.17) is 0 Å². The first-order valence-corrected chi connectivity index (χ1v) is 8.56. The molecule has 0 atom stereocenters. The Morgan fingerprint density at radius 1 is 0.920 bits per heavy atom. The molecule has 0 radical (unpaired) electrons. The summed E-state index contributed by atoms with van der Waals surface area (Å²) in [7, 11) is 0. The maximum absolute atomic E-state index is 4.60. The van der Waals surface area contributed by atoms with Crippen molar-refractivity contribution in [3.05, 3.63) is 66.7 Å². The number of H-pyrrole nitrogens is 1. The minimum atomic E-state index is 0.764. The van der Waals surface area contributed by atoms with Gasteiger partial charge in [0.25, 0.3) is 0 Å². The van der Waals surface area contributed by atoms with Crippen LogP contribution in [0.4, 0.5) is 11.6 Å². The highest BCUT2D eigenvalue weighted by molar-refractivity contribution is 6.09. The second-order valence-corrected chi connectivity index (χ2v) is 6.22. The van der Waals surface area contributed by atoms with E-state index < -0.39 is 0 Å². The number of hydrogen-bond donors (Lipinski definition) is 2. The smallest absolute Gasteiger partial charge is 0.205 e. The maximum Gasteiger partial charge on any atom is 0.205 e. The largest absolute Gasteiger partial charge is 0.341 e. The van der Waals surface area contributed by atoms with Crippen LogP contribution in [0, 0.1) is 0 Å². The Balaban J connectivity index is 1.63. The van der Waals surface area contributed by atoms with Gasteiger partial charge in [-0.3, -0.25) is 0 Å². The molecule has 0 unspecified atom stereocenters. The molecule has 0 saturated heterocycles. The number of aryl methyl sites for hydroxylation is 1. The van der Waals surface area contributed by atoms with E-state index in [0.717, 1.165) is 29.2 Å². The van der Waals surface area contributed by atoms with Gasteiger partial charge in [-0.2, -0.15) is 0 Å². The molecule has 0 aliphatic rings. The zero-order chi connectivity index (χ0) is 16.8. The Kier molecular flexibility index (Phi) is 3.04. The Morgan fingerprint density at radius 3 is 2.60 bits per heavy atom. The fraction of sp³-hybridized carbons (Fsp3) is 0.0952. The van der Waals surface area contributed by atoms with Gasteiger partial charge in [0.1, 0.15) is 0 Å². The number of hydrogen-bond acceptors (Lipinski definition) is 2. The van der Waals surface area contributed by atoms with Crippen molar-refractivity contribution in [2.24, 2.45) is 0 Å². The predicted molar refractivity (Wildman–Crippen MR) is 104 cm³/mol. The molecular formula is C21H18N4. The number of benzene rings is 3. The quantitative estimate of drug-likeness (QED) is 0.464. The van der Waals surface area contributed by atoms with Crippen molar-refractivity contribution in [2.45, 2.75) is 13.5 Å². The maximum atomic E-state index is 4.60. The monoisotopic (exact) mass is 326 g/mol. The van der Waals surface area contributed by atoms with Crippen molar-refractivity contribution in [1.82, 2.24) is 14.5 Å². The van der Waals surface area contributed by atoms with E-state index in [1.54, 1.807) is 0 Å². The van der Waals surface area contributed by atoms with E-state index in [-0.39, 0.29) is 0 Å². The molecule has 4 heteroatoms. The third-order valence-electron chi connectivity index (χ3n) is 4.74. The first kappa shape index (κ1) is 14.1. The molecule has 0 aliphatic carbocycles. The standard InChI is InChI=1S/C21H18N4/c1-2-25-19-10-6-3-7-15(19)16-13-14(11-12-20(16)25)22-21-23-17-8-4-5-9-18(17)24-21/h3-13H,2H2,1H3,(H2,22,23,24). The summed E-state index contributed by atoms with van der Waals surface area (Å²) in [6.45, 7) is 3.15. The van der Waals surface area contributed by atoms with Gasteiger partial charge in [0, 0.05) is 34.0 Å². The van der Waals surface area contributed by atoms with Crippen LogP contribution >= 0.6 is 0 Å². The molecule has 122 valence electrons. The molecule has 0 amide bonds. The van der Waals surface area contributed by atoms with Gasteiger partial charge < -0.3 is 14.9 Å². The summed E-state index contributed by atoms with van der Waals surface area (Å²) in [6.07, 6.45) is 0. The average Bonchev–Trinajstić information content (AvgIpc) is 3.19. The summed E-state index contributed by atoms with van der Waals surface area (Å²) in [5.74, 6) is 0.764. The fourth-order valence-electron chi connectivity index (χ4n) is 3.62. The van der Waals surface area contributed by atoms with Crippen LogP contribution in [-0.2, 0) is 6.54 Å². The number of anilines is 2. The molecule has 0 saturated carbocycles. The number of rotatable bonds is 3. The molecule has 0 fully saturated rings. The zero-order valence-electron chi connectivity index (χ0n) is 14.0. The lowest BCUT2D eigenvalue weighted by atomic mass is 10.1. The van der Waals surface area contributed by atoms with E-state index >= 15 is 0 Å². The number of aromatic amines is 1. The van der Waals surface area contributed by atoms with E-state index in [2.05, 4.69) is 69.2 Å². The van der Waals surface area contributed by atoms with Crippen LogP contribution in [0.1, 0.15) is 6.92 Å². The number of aromatic nitrogens is 3. The Bertz CT molecular complexity index is 1180. The second-order valence-electron chi connectivity index (χ2n) is 6.22. The molecule has 2 heterocycles. The van der Waals surface area contributed by atoms with Gasteiger partial charge in [-0.1, -0.05) is 30.3 Å². The highest BCUT2D eigenvalue weighted by atomic mass is 15.1. The summed E-state index contributed by atoms with van der Waals surface area (Å²) in [5.41, 5.74) is 5.58. The van der Waals surface area contributed by atoms with Crippen molar-refractivity contribution in [1.29, 1.82) is 0 Å². The molecule has 5 aromatic rings. The van der Waals surface area contributed by atoms with Gasteiger partial charge in [-0.05, 0) is 43.3 Å². The van der Waals surface area contributed by atoms with Crippen LogP contribution < -0.4 is 5.32 Å². The van der Waals surface area contributed by atoms with Crippen molar-refractivity contribution in [3.8, 4) is 0 Å². The third-order valence-corrected chi connectivity index (χ3v) is 4.74. The predicted octanol–water partition coefficient (Wildman–Crippen LogP) is 5.43. The van der Waals surface area contributed by atoms with Crippen molar-refractivity contribution in [2.75, 3.05) is 5.32 Å². The lowest BCUT2D eigenvalue weighted by molar-refractivity contribution is 0.827. The summed E-state index contributed by atoms with van der Waals surface area (Å²) in [5, 5.41) is 5.95. The van der Waals surface area contributed by atoms with E-state index in [1.807, 2.05) is 24.3 Å². The molecular weight excluding hydrogens is 308 g/mol. The molecule has 0 bridgehead atoms. The Labute approximate surface area is 145 Å². The van der Waals surface area contributed by atoms with Gasteiger partial charge in [0.05, 0.1) is 11.0 Å². The first-order valence-electron chi connectivity index (χ1n) is 8.56. The fourth-order valence-corrected chi connectivity index (χ4v) is 3.62. The van der Waals surface area contributed by atoms with Gasteiger partial charge >= 0.3 is 0 Å². The van der Waals surface area contributed by atoms with Crippen molar-refractivity contribution in [3.63, 3.8) is 0 Å². The minimum absolute atomic E-state index is 0.764. The number of fused-ring (bicyclic) bond motifs is 4. The molecule has 4 nitrogen and oxygen atoms in total. The summed E-state index contributed by atoms with van der Waals surface area (Å²) in [4.78, 5) is 7.92. The van der Waals surface area contributed by atoms with Crippen LogP contribution in [0.15, 0.2) is 66.7 Å². The first-order chi connectivity index (χ1) is 12.3. The second kappa shape index (κ2) is 5.38. The lowest BCUT2D eigenvalue weighted by Crippen LogP contribution is -1.94. The summed E-state index contributed by atoms with van der Waals surface area (Å²) >= 11 is 0. The molecule has 2 aromatic heterocycles. The summed E-state index contributed by atoms with van der Waals surface area (Å²) in [6, 6.07) is 23.1. The summed E-state index contributed by atoms with van der Waals surface area (Å²) < 4.78 is 2.36. The van der Waals surface area contributed by atoms with Crippen molar-refractivity contribution >= 4 is 44.5 Å². The molecule has 2 N–H and O–H groups in total. The van der Waals surface area contributed by atoms with Gasteiger partial charge in [-0.25, -0.2) is 4.98 Å². The molecule has 5 rings (SSSR count). The van der Waals surface area contributed by atoms with Crippen LogP contribution in [-0.4, -0.2) is 14.5 Å². The van der Waals surface area contributed by atoms with Gasteiger partial charge in [-0.15, -0.1) is 0 Å². The molecule has 0 spiro atoms. The normalized spacial score (nSPS) is 11.6. The highest BCUT2D eigenvalue weighted by Crippen LogP contribution is 2.31. The Hall–Kier alpha value is -3.27. The zero-order valence-corrected chi connectivity index (χ0v) is 14.0. The van der Waals surface area contributed by atoms with Crippen LogP contribution in [0.2, 0.25) is 0 Å². The van der Waals surface area contributed by atoms with Gasteiger partial charge in [0.2, 0.25) is 5.95 Å². The van der Waals surface area contributed by atoms with E-state index in [9.17, 15) is 0 Å². The molecule has 25 heavy (non-hydrogen) atoms. The topological polar surface area (TPSA) is 45.6 Å². The number of nitrogens with one attached hydrogen (secondary N) is 2. The van der Waals surface area contributed by atoms with Crippen LogP contribution in [0.3, 0.4) is 0 Å². The van der Waals surface area contributed by atoms with E-state index in [1.165, 1.54) is 21.8 Å². The van der Waals surface area contributed by atoms with Gasteiger partial charge in [0.15, 0.2) is 0 Å². The SMILES string of the molecule is CCn1c2ccccc2c2cc(Nc3nc4ccccc4[nH]3)ccc21. The average molecular weight is 326 g/mol. The van der Waals surface area contributed by atoms with Crippen molar-refractivity contribution < 1.29 is 0 Å². The number of imidazole rings is 1. The number of para-hydroxylation sites is 3. The van der Waals surface area contributed by atoms with Crippen LogP contribution in [0.25, 0.3) is 32.8 Å². The van der Waals surface area contributed by atoms with Crippen LogP contribution in [0.5, 0.6) is 0 Å². The van der Waals surface area contributed by atoms with E-state index in [0.29, 0.717) is 0 Å². The number of nitrogens with zero attached hydrogens (tertiary/aromatic N) is 2. The highest BCUT2D eigenvalue weighted by Gasteiger charge is 2.10. The molecule has 3 aromatic carbocycles. The third kappa shape index (κ3) is 2.18. The Morgan fingerprint density at radius 2 is 1.72 bits per heavy atom. The minimum Gasteiger partial charge on any atom is -0.341 e. The lowest BCUT2D eigenvalue weighted by Gasteiger charge is -2.05. The molecule has 0 aliphatic heterocycles.